The fourth-order valence-corrected chi connectivity index (χ4v) is 4.31. The number of ether oxygens (including phenoxy) is 1. The Kier molecular flexibility index (Phi) is 4.03. The molecule has 130 valence electrons. The molecule has 3 heteroatoms. The standard InChI is InChI=1S/C22H26N2O/c1-4-20-17-9-7-8-10-18(17)22(23-20)13-14-25-21-15-16(11-12-19(21)22)24(5-2)6-3/h7-12,15H,4-6,13-14H2,1-3H3. The smallest absolute Gasteiger partial charge is 0.127 e. The Morgan fingerprint density at radius 2 is 1.84 bits per heavy atom. The highest BCUT2D eigenvalue weighted by molar-refractivity contribution is 6.05. The summed E-state index contributed by atoms with van der Waals surface area (Å²) in [6.07, 6.45) is 1.87. The Bertz CT molecular complexity index is 823. The average molecular weight is 334 g/mol. The van der Waals surface area contributed by atoms with Crippen molar-refractivity contribution in [1.29, 1.82) is 0 Å². The van der Waals surface area contributed by atoms with Gasteiger partial charge in [-0.1, -0.05) is 37.3 Å². The molecule has 0 amide bonds. The molecule has 2 aromatic rings. The molecule has 2 aliphatic rings. The van der Waals surface area contributed by atoms with Crippen LogP contribution in [0.25, 0.3) is 0 Å². The molecule has 2 aliphatic heterocycles. The summed E-state index contributed by atoms with van der Waals surface area (Å²) in [4.78, 5) is 7.60. The first-order valence-electron chi connectivity index (χ1n) is 9.44. The summed E-state index contributed by atoms with van der Waals surface area (Å²) in [7, 11) is 0. The molecule has 0 aliphatic carbocycles. The van der Waals surface area contributed by atoms with Gasteiger partial charge in [-0.2, -0.15) is 0 Å². The van der Waals surface area contributed by atoms with Gasteiger partial charge >= 0.3 is 0 Å². The summed E-state index contributed by atoms with van der Waals surface area (Å²) < 4.78 is 6.08. The molecule has 1 atom stereocenters. The Morgan fingerprint density at radius 3 is 2.60 bits per heavy atom. The third-order valence-corrected chi connectivity index (χ3v) is 5.61. The zero-order valence-electron chi connectivity index (χ0n) is 15.4. The van der Waals surface area contributed by atoms with E-state index in [4.69, 9.17) is 9.73 Å². The Labute approximate surface area is 150 Å². The van der Waals surface area contributed by atoms with Crippen molar-refractivity contribution in [2.75, 3.05) is 24.6 Å². The molecule has 1 spiro atoms. The van der Waals surface area contributed by atoms with Crippen molar-refractivity contribution in [3.63, 3.8) is 0 Å². The number of hydrogen-bond acceptors (Lipinski definition) is 3. The van der Waals surface area contributed by atoms with Crippen LogP contribution in [0.2, 0.25) is 0 Å². The van der Waals surface area contributed by atoms with Crippen molar-refractivity contribution in [2.45, 2.75) is 39.2 Å². The fraction of sp³-hybridized carbons (Fsp3) is 0.409. The zero-order valence-corrected chi connectivity index (χ0v) is 15.4. The van der Waals surface area contributed by atoms with Crippen molar-refractivity contribution >= 4 is 11.4 Å². The summed E-state index contributed by atoms with van der Waals surface area (Å²) in [5.41, 5.74) is 6.04. The van der Waals surface area contributed by atoms with E-state index in [9.17, 15) is 0 Å². The molecule has 0 saturated heterocycles. The highest BCUT2D eigenvalue weighted by atomic mass is 16.5. The lowest BCUT2D eigenvalue weighted by Crippen LogP contribution is -2.31. The van der Waals surface area contributed by atoms with E-state index in [-0.39, 0.29) is 5.54 Å². The quantitative estimate of drug-likeness (QED) is 0.804. The van der Waals surface area contributed by atoms with E-state index < -0.39 is 0 Å². The zero-order chi connectivity index (χ0) is 17.4. The predicted molar refractivity (Wildman–Crippen MR) is 104 cm³/mol. The van der Waals surface area contributed by atoms with Crippen LogP contribution in [0.4, 0.5) is 5.69 Å². The molecule has 2 heterocycles. The van der Waals surface area contributed by atoms with E-state index in [2.05, 4.69) is 68.1 Å². The highest BCUT2D eigenvalue weighted by Gasteiger charge is 2.44. The summed E-state index contributed by atoms with van der Waals surface area (Å²) in [6, 6.07) is 15.4. The lowest BCUT2D eigenvalue weighted by molar-refractivity contribution is 0.240. The van der Waals surface area contributed by atoms with Gasteiger partial charge in [0.25, 0.3) is 0 Å². The monoisotopic (exact) mass is 334 g/mol. The number of anilines is 1. The van der Waals surface area contributed by atoms with Gasteiger partial charge in [-0.05, 0) is 31.9 Å². The third-order valence-electron chi connectivity index (χ3n) is 5.61. The summed E-state index contributed by atoms with van der Waals surface area (Å²) in [5.74, 6) is 0.992. The number of benzene rings is 2. The van der Waals surface area contributed by atoms with Crippen molar-refractivity contribution in [2.24, 2.45) is 4.99 Å². The predicted octanol–water partition coefficient (Wildman–Crippen LogP) is 4.77. The van der Waals surface area contributed by atoms with Gasteiger partial charge in [-0.25, -0.2) is 0 Å². The van der Waals surface area contributed by atoms with Crippen LogP contribution >= 0.6 is 0 Å². The maximum absolute atomic E-state index is 6.08. The highest BCUT2D eigenvalue weighted by Crippen LogP contribution is 2.50. The second kappa shape index (κ2) is 6.21. The first-order chi connectivity index (χ1) is 12.2. The van der Waals surface area contributed by atoms with Crippen LogP contribution in [-0.4, -0.2) is 25.4 Å². The average Bonchev–Trinajstić information content (AvgIpc) is 2.98. The van der Waals surface area contributed by atoms with Gasteiger partial charge in [0.2, 0.25) is 0 Å². The van der Waals surface area contributed by atoms with E-state index in [0.29, 0.717) is 6.61 Å². The van der Waals surface area contributed by atoms with E-state index in [0.717, 1.165) is 31.7 Å². The minimum atomic E-state index is -0.267. The van der Waals surface area contributed by atoms with Gasteiger partial charge in [0.15, 0.2) is 0 Å². The Morgan fingerprint density at radius 1 is 1.04 bits per heavy atom. The third kappa shape index (κ3) is 2.37. The molecule has 25 heavy (non-hydrogen) atoms. The number of rotatable bonds is 4. The van der Waals surface area contributed by atoms with Crippen LogP contribution in [0, 0.1) is 0 Å². The molecule has 0 fully saturated rings. The number of nitrogens with zero attached hydrogens (tertiary/aromatic N) is 2. The van der Waals surface area contributed by atoms with Crippen LogP contribution in [0.5, 0.6) is 5.75 Å². The van der Waals surface area contributed by atoms with E-state index in [1.54, 1.807) is 0 Å². The molecule has 0 aromatic heterocycles. The van der Waals surface area contributed by atoms with Crippen LogP contribution < -0.4 is 9.64 Å². The molecule has 0 N–H and O–H groups in total. The van der Waals surface area contributed by atoms with Crippen LogP contribution in [0.15, 0.2) is 47.5 Å². The van der Waals surface area contributed by atoms with Crippen molar-refractivity contribution in [3.05, 3.63) is 59.2 Å². The summed E-state index contributed by atoms with van der Waals surface area (Å²) in [5, 5.41) is 0. The molecule has 0 radical (unpaired) electrons. The second-order valence-corrected chi connectivity index (χ2v) is 6.77. The van der Waals surface area contributed by atoms with Gasteiger partial charge in [0.05, 0.1) is 6.61 Å². The Hall–Kier alpha value is -2.29. The molecular formula is C22H26N2O. The van der Waals surface area contributed by atoms with Gasteiger partial charge in [-0.3, -0.25) is 4.99 Å². The fourth-order valence-electron chi connectivity index (χ4n) is 4.31. The van der Waals surface area contributed by atoms with Gasteiger partial charge < -0.3 is 9.64 Å². The first-order valence-corrected chi connectivity index (χ1v) is 9.44. The maximum atomic E-state index is 6.08. The van der Waals surface area contributed by atoms with E-state index >= 15 is 0 Å². The number of hydrogen-bond donors (Lipinski definition) is 0. The topological polar surface area (TPSA) is 24.8 Å². The second-order valence-electron chi connectivity index (χ2n) is 6.77. The van der Waals surface area contributed by atoms with Gasteiger partial charge in [0, 0.05) is 48.1 Å². The van der Waals surface area contributed by atoms with Gasteiger partial charge in [-0.15, -0.1) is 0 Å². The maximum Gasteiger partial charge on any atom is 0.127 e. The molecule has 4 rings (SSSR count). The number of aliphatic imine (C=N–C) groups is 1. The molecule has 2 aromatic carbocycles. The van der Waals surface area contributed by atoms with E-state index in [1.807, 2.05) is 0 Å². The Balaban J connectivity index is 1.87. The van der Waals surface area contributed by atoms with Crippen LogP contribution in [0.1, 0.15) is 50.3 Å². The van der Waals surface area contributed by atoms with Gasteiger partial charge in [0.1, 0.15) is 11.3 Å². The van der Waals surface area contributed by atoms with Crippen molar-refractivity contribution < 1.29 is 4.74 Å². The number of fused-ring (bicyclic) bond motifs is 4. The van der Waals surface area contributed by atoms with Crippen molar-refractivity contribution in [3.8, 4) is 5.75 Å². The largest absolute Gasteiger partial charge is 0.493 e. The molecular weight excluding hydrogens is 308 g/mol. The molecule has 0 saturated carbocycles. The first kappa shape index (κ1) is 16.2. The normalized spacial score (nSPS) is 20.7. The minimum absolute atomic E-state index is 0.267. The minimum Gasteiger partial charge on any atom is -0.493 e. The molecule has 0 bridgehead atoms. The molecule has 1 unspecified atom stereocenters. The summed E-state index contributed by atoms with van der Waals surface area (Å²) in [6.45, 7) is 9.29. The SMILES string of the molecule is CCC1=NC2(CCOc3cc(N(CC)CC)ccc32)c2ccccc21. The van der Waals surface area contributed by atoms with Crippen LogP contribution in [0.3, 0.4) is 0 Å². The van der Waals surface area contributed by atoms with E-state index in [1.165, 1.54) is 28.1 Å². The van der Waals surface area contributed by atoms with Crippen molar-refractivity contribution in [1.82, 2.24) is 0 Å². The molecule has 3 nitrogen and oxygen atoms in total. The van der Waals surface area contributed by atoms with Crippen LogP contribution in [-0.2, 0) is 5.54 Å². The summed E-state index contributed by atoms with van der Waals surface area (Å²) >= 11 is 0. The lowest BCUT2D eigenvalue weighted by Gasteiger charge is -2.35. The lowest BCUT2D eigenvalue weighted by atomic mass is 9.79.